The van der Waals surface area contributed by atoms with E-state index in [2.05, 4.69) is 15.5 Å². The standard InChI is InChI=1S/C23H22ClN3O3S/c1-29-21-13-16-5-3-2-4-15(16)12-18(21)22(28)26-23(31)25-19-14-17(24)6-7-20(19)27-8-10-30-11-9-27/h2-7,12-14H,8-11H2,1H3,(H2,25,26,28,31). The number of nitrogens with one attached hydrogen (secondary N) is 2. The third kappa shape index (κ3) is 4.90. The smallest absolute Gasteiger partial charge is 0.261 e. The first kappa shape index (κ1) is 21.4. The number of halogens is 1. The van der Waals surface area contributed by atoms with Gasteiger partial charge in [0.1, 0.15) is 5.75 Å². The Morgan fingerprint density at radius 2 is 1.81 bits per heavy atom. The summed E-state index contributed by atoms with van der Waals surface area (Å²) in [6, 6.07) is 17.0. The Morgan fingerprint density at radius 3 is 2.52 bits per heavy atom. The molecule has 1 saturated heterocycles. The molecule has 0 aromatic heterocycles. The molecule has 0 saturated carbocycles. The van der Waals surface area contributed by atoms with Crippen LogP contribution in [-0.4, -0.2) is 44.4 Å². The van der Waals surface area contributed by atoms with Crippen molar-refractivity contribution in [1.29, 1.82) is 0 Å². The number of methoxy groups -OCH3 is 1. The Bertz CT molecular complexity index is 1130. The number of rotatable bonds is 4. The van der Waals surface area contributed by atoms with Crippen molar-refractivity contribution in [2.75, 3.05) is 43.6 Å². The van der Waals surface area contributed by atoms with Gasteiger partial charge in [0, 0.05) is 18.1 Å². The molecule has 3 aromatic carbocycles. The molecule has 0 aliphatic carbocycles. The van der Waals surface area contributed by atoms with E-state index in [1.807, 2.05) is 42.5 Å². The lowest BCUT2D eigenvalue weighted by molar-refractivity contribution is 0.0975. The van der Waals surface area contributed by atoms with E-state index in [1.165, 1.54) is 7.11 Å². The first-order chi connectivity index (χ1) is 15.0. The maximum absolute atomic E-state index is 13.0. The Balaban J connectivity index is 1.54. The van der Waals surface area contributed by atoms with Gasteiger partial charge in [-0.3, -0.25) is 10.1 Å². The van der Waals surface area contributed by atoms with E-state index in [1.54, 1.807) is 12.1 Å². The number of hydrogen-bond donors (Lipinski definition) is 2. The molecule has 4 rings (SSSR count). The Hall–Kier alpha value is -2.87. The van der Waals surface area contributed by atoms with Crippen LogP contribution in [0.15, 0.2) is 54.6 Å². The zero-order valence-corrected chi connectivity index (χ0v) is 18.6. The molecule has 1 heterocycles. The van der Waals surface area contributed by atoms with Crippen molar-refractivity contribution < 1.29 is 14.3 Å². The molecule has 0 unspecified atom stereocenters. The monoisotopic (exact) mass is 455 g/mol. The van der Waals surface area contributed by atoms with Gasteiger partial charge in [0.2, 0.25) is 0 Å². The summed E-state index contributed by atoms with van der Waals surface area (Å²) >= 11 is 11.6. The predicted molar refractivity (Wildman–Crippen MR) is 129 cm³/mol. The van der Waals surface area contributed by atoms with Crippen LogP contribution in [-0.2, 0) is 4.74 Å². The van der Waals surface area contributed by atoms with Gasteiger partial charge in [0.15, 0.2) is 5.11 Å². The largest absolute Gasteiger partial charge is 0.496 e. The molecule has 1 fully saturated rings. The van der Waals surface area contributed by atoms with Crippen molar-refractivity contribution in [3.05, 3.63) is 65.2 Å². The maximum Gasteiger partial charge on any atom is 0.261 e. The second-order valence-corrected chi connectivity index (χ2v) is 7.91. The summed E-state index contributed by atoms with van der Waals surface area (Å²) in [5.41, 5.74) is 2.09. The highest BCUT2D eigenvalue weighted by molar-refractivity contribution is 7.80. The van der Waals surface area contributed by atoms with Gasteiger partial charge in [0.25, 0.3) is 5.91 Å². The maximum atomic E-state index is 13.0. The lowest BCUT2D eigenvalue weighted by Gasteiger charge is -2.30. The van der Waals surface area contributed by atoms with Crippen LogP contribution in [0.3, 0.4) is 0 Å². The van der Waals surface area contributed by atoms with Crippen LogP contribution in [0.25, 0.3) is 10.8 Å². The number of ether oxygens (including phenoxy) is 2. The van der Waals surface area contributed by atoms with E-state index < -0.39 is 0 Å². The number of benzene rings is 3. The van der Waals surface area contributed by atoms with Crippen molar-refractivity contribution in [2.45, 2.75) is 0 Å². The van der Waals surface area contributed by atoms with Crippen LogP contribution in [0.4, 0.5) is 11.4 Å². The number of hydrogen-bond acceptors (Lipinski definition) is 5. The second kappa shape index (κ2) is 9.51. The molecule has 0 spiro atoms. The van der Waals surface area contributed by atoms with E-state index in [4.69, 9.17) is 33.3 Å². The summed E-state index contributed by atoms with van der Waals surface area (Å²) in [4.78, 5) is 15.1. The van der Waals surface area contributed by atoms with Gasteiger partial charge in [-0.1, -0.05) is 35.9 Å². The van der Waals surface area contributed by atoms with Crippen LogP contribution in [0.2, 0.25) is 5.02 Å². The Kier molecular flexibility index (Phi) is 6.56. The zero-order valence-electron chi connectivity index (χ0n) is 17.0. The van der Waals surface area contributed by atoms with Gasteiger partial charge < -0.3 is 19.7 Å². The molecule has 1 amide bonds. The predicted octanol–water partition coefficient (Wildman–Crippen LogP) is 4.47. The Morgan fingerprint density at radius 1 is 1.10 bits per heavy atom. The number of morpholine rings is 1. The van der Waals surface area contributed by atoms with Gasteiger partial charge in [-0.05, 0) is 53.3 Å². The first-order valence-corrected chi connectivity index (χ1v) is 10.6. The third-order valence-electron chi connectivity index (χ3n) is 5.10. The lowest BCUT2D eigenvalue weighted by atomic mass is 10.1. The molecule has 2 N–H and O–H groups in total. The number of thiocarbonyl (C=S) groups is 1. The van der Waals surface area contributed by atoms with E-state index in [0.717, 1.165) is 35.2 Å². The molecular formula is C23H22ClN3O3S. The fourth-order valence-electron chi connectivity index (χ4n) is 3.58. The van der Waals surface area contributed by atoms with Crippen molar-refractivity contribution in [3.63, 3.8) is 0 Å². The first-order valence-electron chi connectivity index (χ1n) is 9.86. The van der Waals surface area contributed by atoms with Crippen molar-refractivity contribution in [1.82, 2.24) is 5.32 Å². The van der Waals surface area contributed by atoms with Gasteiger partial charge in [-0.2, -0.15) is 0 Å². The molecule has 8 heteroatoms. The molecule has 6 nitrogen and oxygen atoms in total. The van der Waals surface area contributed by atoms with Gasteiger partial charge in [-0.15, -0.1) is 0 Å². The molecule has 0 bridgehead atoms. The number of amides is 1. The fourth-order valence-corrected chi connectivity index (χ4v) is 3.95. The van der Waals surface area contributed by atoms with E-state index in [0.29, 0.717) is 29.5 Å². The molecule has 160 valence electrons. The molecule has 1 aliphatic rings. The number of carbonyl (C=O) groups excluding carboxylic acids is 1. The van der Waals surface area contributed by atoms with Crippen molar-refractivity contribution in [3.8, 4) is 5.75 Å². The van der Waals surface area contributed by atoms with Crippen molar-refractivity contribution >= 4 is 57.0 Å². The van der Waals surface area contributed by atoms with E-state index in [9.17, 15) is 4.79 Å². The number of anilines is 2. The minimum absolute atomic E-state index is 0.178. The number of nitrogens with zero attached hydrogens (tertiary/aromatic N) is 1. The zero-order chi connectivity index (χ0) is 21.8. The SMILES string of the molecule is COc1cc2ccccc2cc1C(=O)NC(=S)Nc1cc(Cl)ccc1N1CCOCC1. The fraction of sp³-hybridized carbons (Fsp3) is 0.217. The minimum atomic E-state index is -0.352. The lowest BCUT2D eigenvalue weighted by Crippen LogP contribution is -2.38. The second-order valence-electron chi connectivity index (χ2n) is 7.07. The summed E-state index contributed by atoms with van der Waals surface area (Å²) in [6.45, 7) is 2.85. The third-order valence-corrected chi connectivity index (χ3v) is 5.54. The molecule has 0 radical (unpaired) electrons. The molecule has 3 aromatic rings. The van der Waals surface area contributed by atoms with E-state index >= 15 is 0 Å². The van der Waals surface area contributed by atoms with Gasteiger partial charge in [-0.25, -0.2) is 0 Å². The normalized spacial score (nSPS) is 13.7. The van der Waals surface area contributed by atoms with Crippen molar-refractivity contribution in [2.24, 2.45) is 0 Å². The molecule has 0 atom stereocenters. The Labute approximate surface area is 191 Å². The minimum Gasteiger partial charge on any atom is -0.496 e. The number of fused-ring (bicyclic) bond motifs is 1. The summed E-state index contributed by atoms with van der Waals surface area (Å²) in [6.07, 6.45) is 0. The quantitative estimate of drug-likeness (QED) is 0.566. The van der Waals surface area contributed by atoms with Crippen LogP contribution in [0, 0.1) is 0 Å². The van der Waals surface area contributed by atoms with Crippen LogP contribution < -0.4 is 20.3 Å². The average Bonchev–Trinajstić information content (AvgIpc) is 2.78. The summed E-state index contributed by atoms with van der Waals surface area (Å²) in [5.74, 6) is 0.130. The molecule has 31 heavy (non-hydrogen) atoms. The summed E-state index contributed by atoms with van der Waals surface area (Å²) in [7, 11) is 1.54. The highest BCUT2D eigenvalue weighted by Crippen LogP contribution is 2.30. The highest BCUT2D eigenvalue weighted by Gasteiger charge is 2.18. The topological polar surface area (TPSA) is 62.8 Å². The van der Waals surface area contributed by atoms with Crippen LogP contribution in [0.5, 0.6) is 5.75 Å². The molecular weight excluding hydrogens is 434 g/mol. The molecule has 1 aliphatic heterocycles. The van der Waals surface area contributed by atoms with Gasteiger partial charge >= 0.3 is 0 Å². The van der Waals surface area contributed by atoms with Gasteiger partial charge in [0.05, 0.1) is 37.3 Å². The van der Waals surface area contributed by atoms with E-state index in [-0.39, 0.29) is 11.0 Å². The van der Waals surface area contributed by atoms with Crippen LogP contribution >= 0.6 is 23.8 Å². The van der Waals surface area contributed by atoms with Crippen LogP contribution in [0.1, 0.15) is 10.4 Å². The average molecular weight is 456 g/mol. The summed E-state index contributed by atoms with van der Waals surface area (Å²) < 4.78 is 10.9. The highest BCUT2D eigenvalue weighted by atomic mass is 35.5. The number of carbonyl (C=O) groups is 1. The summed E-state index contributed by atoms with van der Waals surface area (Å²) in [5, 5.41) is 8.55.